The van der Waals surface area contributed by atoms with Crippen LogP contribution in [-0.4, -0.2) is 35.8 Å². The summed E-state index contributed by atoms with van der Waals surface area (Å²) in [5.41, 5.74) is 6.15. The molecule has 31 heavy (non-hydrogen) atoms. The Bertz CT molecular complexity index is 950. The molecule has 2 N–H and O–H groups in total. The maximum absolute atomic E-state index is 12.2. The molecule has 0 bridgehead atoms. The maximum atomic E-state index is 12.2. The summed E-state index contributed by atoms with van der Waals surface area (Å²) in [4.78, 5) is 37.6. The number of hydrogen-bond acceptors (Lipinski definition) is 4. The Morgan fingerprint density at radius 2 is 1.84 bits per heavy atom. The van der Waals surface area contributed by atoms with Crippen molar-refractivity contribution in [2.24, 2.45) is 0 Å². The fraction of sp³-hybridized carbons (Fsp3) is 0.318. The molecule has 0 radical (unpaired) electrons. The monoisotopic (exact) mass is 463 g/mol. The number of amides is 3. The first-order chi connectivity index (χ1) is 14.9. The van der Waals surface area contributed by atoms with Crippen LogP contribution in [0.5, 0.6) is 5.75 Å². The molecule has 0 unspecified atom stereocenters. The lowest BCUT2D eigenvalue weighted by Gasteiger charge is -2.15. The highest BCUT2D eigenvalue weighted by molar-refractivity contribution is 6.35. The van der Waals surface area contributed by atoms with Crippen molar-refractivity contribution in [2.75, 3.05) is 13.2 Å². The van der Waals surface area contributed by atoms with E-state index in [0.717, 1.165) is 18.5 Å². The number of rotatable bonds is 8. The van der Waals surface area contributed by atoms with E-state index in [-0.39, 0.29) is 18.2 Å². The molecule has 2 aromatic carbocycles. The summed E-state index contributed by atoms with van der Waals surface area (Å²) in [5.74, 6) is -0.0896. The highest BCUT2D eigenvalue weighted by Gasteiger charge is 2.20. The van der Waals surface area contributed by atoms with Crippen LogP contribution in [0.1, 0.15) is 41.6 Å². The molecule has 0 aromatic heterocycles. The SMILES string of the molecule is O=C(CCCOc1ccc(Cl)cc1Cl)NNC(=O)c1ccc(CN2CCCC2=O)cc1. The third-order valence-electron chi connectivity index (χ3n) is 4.78. The van der Waals surface area contributed by atoms with Gasteiger partial charge in [-0.25, -0.2) is 0 Å². The van der Waals surface area contributed by atoms with Crippen molar-refractivity contribution < 1.29 is 19.1 Å². The van der Waals surface area contributed by atoms with Crippen LogP contribution in [0.3, 0.4) is 0 Å². The summed E-state index contributed by atoms with van der Waals surface area (Å²) in [5, 5.41) is 0.922. The van der Waals surface area contributed by atoms with Gasteiger partial charge in [0, 0.05) is 36.5 Å². The van der Waals surface area contributed by atoms with Crippen molar-refractivity contribution in [3.63, 3.8) is 0 Å². The highest BCUT2D eigenvalue weighted by Crippen LogP contribution is 2.27. The Balaban J connectivity index is 1.35. The molecule has 9 heteroatoms. The third kappa shape index (κ3) is 6.87. The largest absolute Gasteiger partial charge is 0.492 e. The van der Waals surface area contributed by atoms with Gasteiger partial charge in [0.15, 0.2) is 0 Å². The van der Waals surface area contributed by atoms with Crippen molar-refractivity contribution in [3.8, 4) is 5.75 Å². The number of nitrogens with one attached hydrogen (secondary N) is 2. The average molecular weight is 464 g/mol. The Morgan fingerprint density at radius 3 is 2.52 bits per heavy atom. The van der Waals surface area contributed by atoms with Crippen LogP contribution in [0.15, 0.2) is 42.5 Å². The van der Waals surface area contributed by atoms with Crippen LogP contribution in [0.2, 0.25) is 10.0 Å². The van der Waals surface area contributed by atoms with Crippen molar-refractivity contribution in [1.82, 2.24) is 15.8 Å². The van der Waals surface area contributed by atoms with Crippen LogP contribution >= 0.6 is 23.2 Å². The molecule has 3 rings (SSSR count). The Kier molecular flexibility index (Phi) is 8.14. The van der Waals surface area contributed by atoms with Gasteiger partial charge >= 0.3 is 0 Å². The summed E-state index contributed by atoms with van der Waals surface area (Å²) in [6.45, 7) is 1.61. The lowest BCUT2D eigenvalue weighted by Crippen LogP contribution is -2.41. The zero-order valence-electron chi connectivity index (χ0n) is 16.8. The summed E-state index contributed by atoms with van der Waals surface area (Å²) in [7, 11) is 0. The smallest absolute Gasteiger partial charge is 0.269 e. The number of halogens is 2. The Labute approximate surface area is 190 Å². The zero-order valence-corrected chi connectivity index (χ0v) is 18.3. The molecule has 1 heterocycles. The lowest BCUT2D eigenvalue weighted by molar-refractivity contribution is -0.128. The number of hydrazine groups is 1. The van der Waals surface area contributed by atoms with Crippen molar-refractivity contribution in [3.05, 3.63) is 63.6 Å². The number of carbonyl (C=O) groups excluding carboxylic acids is 3. The van der Waals surface area contributed by atoms with Gasteiger partial charge in [0.25, 0.3) is 5.91 Å². The van der Waals surface area contributed by atoms with Gasteiger partial charge in [-0.15, -0.1) is 0 Å². The van der Waals surface area contributed by atoms with Gasteiger partial charge in [0.2, 0.25) is 11.8 Å². The quantitative estimate of drug-likeness (QED) is 0.461. The van der Waals surface area contributed by atoms with E-state index < -0.39 is 5.91 Å². The predicted molar refractivity (Wildman–Crippen MR) is 118 cm³/mol. The molecule has 164 valence electrons. The predicted octanol–water partition coefficient (Wildman–Crippen LogP) is 3.74. The Morgan fingerprint density at radius 1 is 1.06 bits per heavy atom. The first-order valence-corrected chi connectivity index (χ1v) is 10.7. The maximum Gasteiger partial charge on any atom is 0.269 e. The number of benzene rings is 2. The number of nitrogens with zero attached hydrogens (tertiary/aromatic N) is 1. The van der Waals surface area contributed by atoms with Gasteiger partial charge in [-0.1, -0.05) is 35.3 Å². The first-order valence-electron chi connectivity index (χ1n) is 9.96. The molecule has 2 aromatic rings. The Hall–Kier alpha value is -2.77. The molecule has 0 saturated carbocycles. The summed E-state index contributed by atoms with van der Waals surface area (Å²) < 4.78 is 5.52. The van der Waals surface area contributed by atoms with Gasteiger partial charge in [-0.05, 0) is 48.7 Å². The number of ether oxygens (including phenoxy) is 1. The van der Waals surface area contributed by atoms with E-state index in [4.69, 9.17) is 27.9 Å². The van der Waals surface area contributed by atoms with Gasteiger partial charge in [-0.2, -0.15) is 0 Å². The molecule has 0 spiro atoms. The summed E-state index contributed by atoms with van der Waals surface area (Å²) in [6, 6.07) is 11.9. The van der Waals surface area contributed by atoms with Gasteiger partial charge < -0.3 is 9.64 Å². The average Bonchev–Trinajstić information content (AvgIpc) is 3.15. The number of likely N-dealkylation sites (tertiary alicyclic amines) is 1. The normalized spacial score (nSPS) is 13.2. The van der Waals surface area contributed by atoms with E-state index in [1.807, 2.05) is 12.1 Å². The van der Waals surface area contributed by atoms with E-state index in [2.05, 4.69) is 10.9 Å². The summed E-state index contributed by atoms with van der Waals surface area (Å²) >= 11 is 11.8. The van der Waals surface area contributed by atoms with Crippen molar-refractivity contribution >= 4 is 40.9 Å². The van der Waals surface area contributed by atoms with E-state index in [0.29, 0.717) is 47.4 Å². The molecular weight excluding hydrogens is 441 g/mol. The zero-order chi connectivity index (χ0) is 22.2. The van der Waals surface area contributed by atoms with E-state index in [9.17, 15) is 14.4 Å². The number of hydrogen-bond donors (Lipinski definition) is 2. The van der Waals surface area contributed by atoms with Crippen LogP contribution in [-0.2, 0) is 16.1 Å². The molecule has 0 aliphatic carbocycles. The molecule has 7 nitrogen and oxygen atoms in total. The van der Waals surface area contributed by atoms with Crippen LogP contribution in [0.4, 0.5) is 0 Å². The van der Waals surface area contributed by atoms with Crippen molar-refractivity contribution in [1.29, 1.82) is 0 Å². The molecule has 1 saturated heterocycles. The van der Waals surface area contributed by atoms with Gasteiger partial charge in [-0.3, -0.25) is 25.2 Å². The van der Waals surface area contributed by atoms with Crippen LogP contribution < -0.4 is 15.6 Å². The van der Waals surface area contributed by atoms with Crippen LogP contribution in [0, 0.1) is 0 Å². The second-order valence-electron chi connectivity index (χ2n) is 7.14. The van der Waals surface area contributed by atoms with Gasteiger partial charge in [0.05, 0.1) is 11.6 Å². The molecule has 1 aliphatic heterocycles. The van der Waals surface area contributed by atoms with E-state index in [1.54, 1.807) is 35.2 Å². The topological polar surface area (TPSA) is 87.7 Å². The van der Waals surface area contributed by atoms with E-state index in [1.165, 1.54) is 0 Å². The minimum atomic E-state index is -0.415. The minimum absolute atomic E-state index is 0.159. The molecule has 0 atom stereocenters. The van der Waals surface area contributed by atoms with Crippen LogP contribution in [0.25, 0.3) is 0 Å². The molecular formula is C22H23Cl2N3O4. The number of carbonyl (C=O) groups is 3. The van der Waals surface area contributed by atoms with Gasteiger partial charge in [0.1, 0.15) is 5.75 Å². The fourth-order valence-electron chi connectivity index (χ4n) is 3.12. The molecule has 1 aliphatic rings. The second-order valence-corrected chi connectivity index (χ2v) is 7.99. The minimum Gasteiger partial charge on any atom is -0.492 e. The highest BCUT2D eigenvalue weighted by atomic mass is 35.5. The van der Waals surface area contributed by atoms with Crippen molar-refractivity contribution in [2.45, 2.75) is 32.2 Å². The second kappa shape index (κ2) is 11.0. The standard InChI is InChI=1S/C22H23Cl2N3O4/c23-17-9-10-19(18(24)13-17)31-12-2-3-20(28)25-26-22(30)16-7-5-15(6-8-16)14-27-11-1-4-21(27)29/h5-10,13H,1-4,11-12,14H2,(H,25,28)(H,26,30). The summed E-state index contributed by atoms with van der Waals surface area (Å²) in [6.07, 6.45) is 2.11. The van der Waals surface area contributed by atoms with E-state index >= 15 is 0 Å². The molecule has 3 amide bonds. The molecule has 1 fully saturated rings. The fourth-order valence-corrected chi connectivity index (χ4v) is 3.58. The third-order valence-corrected chi connectivity index (χ3v) is 5.31. The first kappa shape index (κ1) is 22.9. The lowest BCUT2D eigenvalue weighted by atomic mass is 10.1.